The molecule has 0 aliphatic heterocycles. The van der Waals surface area contributed by atoms with Gasteiger partial charge in [0, 0.05) is 0 Å². The van der Waals surface area contributed by atoms with Gasteiger partial charge in [0.05, 0.1) is 5.69 Å². The maximum absolute atomic E-state index is 11.1. The Bertz CT molecular complexity index is 427. The Hall–Kier alpha value is -2.08. The van der Waals surface area contributed by atoms with Crippen LogP contribution in [0.1, 0.15) is 17.3 Å². The molecule has 6 heteroatoms. The lowest BCUT2D eigenvalue weighted by atomic mass is 10.2. The van der Waals surface area contributed by atoms with Crippen LogP contribution in [0.15, 0.2) is 18.2 Å². The van der Waals surface area contributed by atoms with Crippen LogP contribution >= 0.6 is 0 Å². The van der Waals surface area contributed by atoms with Crippen molar-refractivity contribution in [2.45, 2.75) is 13.0 Å². The number of aromatic carboxylic acids is 1. The first-order valence-electron chi connectivity index (χ1n) is 4.45. The van der Waals surface area contributed by atoms with Gasteiger partial charge in [-0.2, -0.15) is 0 Å². The number of aliphatic hydroxyl groups excluding tert-OH is 1. The minimum atomic E-state index is -1.35. The van der Waals surface area contributed by atoms with Crippen LogP contribution in [0.2, 0.25) is 0 Å². The van der Waals surface area contributed by atoms with E-state index >= 15 is 0 Å². The summed E-state index contributed by atoms with van der Waals surface area (Å²) >= 11 is 0. The van der Waals surface area contributed by atoms with Crippen molar-refractivity contribution >= 4 is 17.6 Å². The zero-order chi connectivity index (χ0) is 12.3. The van der Waals surface area contributed by atoms with Gasteiger partial charge in [0.25, 0.3) is 0 Å². The van der Waals surface area contributed by atoms with Gasteiger partial charge in [0.2, 0.25) is 0 Å². The average Bonchev–Trinajstić information content (AvgIpc) is 2.20. The van der Waals surface area contributed by atoms with Gasteiger partial charge in [-0.05, 0) is 19.1 Å². The van der Waals surface area contributed by atoms with Gasteiger partial charge in [-0.3, -0.25) is 0 Å². The first-order valence-corrected chi connectivity index (χ1v) is 4.45. The molecule has 6 nitrogen and oxygen atoms in total. The van der Waals surface area contributed by atoms with E-state index < -0.39 is 18.0 Å². The number of nitrogen functional groups attached to an aromatic ring is 1. The fraction of sp³-hybridized carbons (Fsp3) is 0.200. The van der Waals surface area contributed by atoms with Gasteiger partial charge >= 0.3 is 11.9 Å². The highest BCUT2D eigenvalue weighted by molar-refractivity contribution is 5.94. The van der Waals surface area contributed by atoms with Crippen LogP contribution in [0.3, 0.4) is 0 Å². The van der Waals surface area contributed by atoms with Crippen molar-refractivity contribution in [1.29, 1.82) is 0 Å². The lowest BCUT2D eigenvalue weighted by Crippen LogP contribution is -2.23. The van der Waals surface area contributed by atoms with E-state index in [0.29, 0.717) is 0 Å². The number of ether oxygens (including phenoxy) is 1. The highest BCUT2D eigenvalue weighted by Crippen LogP contribution is 2.26. The number of hydrogen-bond donors (Lipinski definition) is 3. The molecule has 1 unspecified atom stereocenters. The molecule has 1 aromatic carbocycles. The van der Waals surface area contributed by atoms with Crippen LogP contribution in [0, 0.1) is 0 Å². The van der Waals surface area contributed by atoms with Crippen molar-refractivity contribution in [2.24, 2.45) is 0 Å². The quantitative estimate of drug-likeness (QED) is 0.386. The Labute approximate surface area is 91.3 Å². The molecule has 1 atom stereocenters. The SMILES string of the molecule is CC(O)C(=O)Oc1c(N)cccc1C(=O)O. The van der Waals surface area contributed by atoms with Crippen LogP contribution < -0.4 is 10.5 Å². The molecular weight excluding hydrogens is 214 g/mol. The molecule has 1 aromatic rings. The summed E-state index contributed by atoms with van der Waals surface area (Å²) in [5.74, 6) is -2.47. The highest BCUT2D eigenvalue weighted by Gasteiger charge is 2.19. The fourth-order valence-electron chi connectivity index (χ4n) is 1.02. The minimum Gasteiger partial charge on any atom is -0.478 e. The van der Waals surface area contributed by atoms with Crippen molar-refractivity contribution in [3.63, 3.8) is 0 Å². The lowest BCUT2D eigenvalue weighted by molar-refractivity contribution is -0.142. The number of carboxylic acids is 1. The van der Waals surface area contributed by atoms with E-state index in [0.717, 1.165) is 0 Å². The molecular formula is C10H11NO5. The second-order valence-electron chi connectivity index (χ2n) is 3.13. The number of carbonyl (C=O) groups is 2. The molecule has 0 saturated heterocycles. The maximum atomic E-state index is 11.1. The second kappa shape index (κ2) is 4.63. The lowest BCUT2D eigenvalue weighted by Gasteiger charge is -2.10. The predicted molar refractivity (Wildman–Crippen MR) is 55.1 cm³/mol. The summed E-state index contributed by atoms with van der Waals surface area (Å²) in [6.45, 7) is 1.21. The number of rotatable bonds is 3. The molecule has 0 aromatic heterocycles. The summed E-state index contributed by atoms with van der Waals surface area (Å²) in [5, 5.41) is 17.8. The largest absolute Gasteiger partial charge is 0.478 e. The average molecular weight is 225 g/mol. The third kappa shape index (κ3) is 2.48. The van der Waals surface area contributed by atoms with Gasteiger partial charge in [-0.25, -0.2) is 9.59 Å². The number of carboxylic acid groups (broad SMARTS) is 1. The first kappa shape index (κ1) is 12.0. The van der Waals surface area contributed by atoms with E-state index in [4.69, 9.17) is 20.7 Å². The molecule has 0 fully saturated rings. The number of aliphatic hydroxyl groups is 1. The van der Waals surface area contributed by atoms with Crippen molar-refractivity contribution in [1.82, 2.24) is 0 Å². The molecule has 0 radical (unpaired) electrons. The topological polar surface area (TPSA) is 110 Å². The summed E-state index contributed by atoms with van der Waals surface area (Å²) in [4.78, 5) is 21.9. The van der Waals surface area contributed by atoms with Crippen LogP contribution in [0.4, 0.5) is 5.69 Å². The third-order valence-electron chi connectivity index (χ3n) is 1.82. The molecule has 0 aliphatic carbocycles. The number of anilines is 1. The zero-order valence-corrected chi connectivity index (χ0v) is 8.51. The molecule has 0 saturated carbocycles. The molecule has 0 amide bonds. The Morgan fingerprint density at radius 1 is 1.44 bits per heavy atom. The van der Waals surface area contributed by atoms with Crippen LogP contribution in [-0.4, -0.2) is 28.3 Å². The maximum Gasteiger partial charge on any atom is 0.340 e. The summed E-state index contributed by atoms with van der Waals surface area (Å²) in [5.41, 5.74) is 5.28. The molecule has 16 heavy (non-hydrogen) atoms. The van der Waals surface area contributed by atoms with Crippen LogP contribution in [0.25, 0.3) is 0 Å². The molecule has 0 spiro atoms. The number of esters is 1. The third-order valence-corrected chi connectivity index (χ3v) is 1.82. The molecule has 0 heterocycles. The zero-order valence-electron chi connectivity index (χ0n) is 8.51. The Kier molecular flexibility index (Phi) is 3.47. The number of carbonyl (C=O) groups excluding carboxylic acids is 1. The van der Waals surface area contributed by atoms with Gasteiger partial charge in [-0.15, -0.1) is 0 Å². The number of nitrogens with two attached hydrogens (primary N) is 1. The molecule has 4 N–H and O–H groups in total. The van der Waals surface area contributed by atoms with Gasteiger partial charge in [-0.1, -0.05) is 6.07 Å². The van der Waals surface area contributed by atoms with E-state index in [1.54, 1.807) is 0 Å². The number of benzene rings is 1. The van der Waals surface area contributed by atoms with E-state index in [9.17, 15) is 9.59 Å². The minimum absolute atomic E-state index is 0.0221. The predicted octanol–water partition coefficient (Wildman–Crippen LogP) is 0.253. The van der Waals surface area contributed by atoms with E-state index in [2.05, 4.69) is 0 Å². The summed E-state index contributed by atoms with van der Waals surface area (Å²) in [6.07, 6.45) is -1.35. The molecule has 1 rings (SSSR count). The standard InChI is InChI=1S/C10H11NO5/c1-5(12)10(15)16-8-6(9(13)14)3-2-4-7(8)11/h2-5,12H,11H2,1H3,(H,13,14). The van der Waals surface area contributed by atoms with Crippen molar-refractivity contribution in [3.8, 4) is 5.75 Å². The monoisotopic (exact) mass is 225 g/mol. The van der Waals surface area contributed by atoms with Gasteiger partial charge in [0.15, 0.2) is 5.75 Å². The summed E-state index contributed by atoms with van der Waals surface area (Å²) in [7, 11) is 0. The highest BCUT2D eigenvalue weighted by atomic mass is 16.6. The molecule has 0 aliphatic rings. The fourth-order valence-corrected chi connectivity index (χ4v) is 1.02. The van der Waals surface area contributed by atoms with Gasteiger partial charge < -0.3 is 20.7 Å². The van der Waals surface area contributed by atoms with Crippen molar-refractivity contribution < 1.29 is 24.5 Å². The normalized spacial score (nSPS) is 11.9. The molecule has 0 bridgehead atoms. The van der Waals surface area contributed by atoms with Crippen molar-refractivity contribution in [2.75, 3.05) is 5.73 Å². The smallest absolute Gasteiger partial charge is 0.340 e. The second-order valence-corrected chi connectivity index (χ2v) is 3.13. The Morgan fingerprint density at radius 3 is 2.56 bits per heavy atom. The van der Waals surface area contributed by atoms with E-state index in [1.807, 2.05) is 0 Å². The van der Waals surface area contributed by atoms with Gasteiger partial charge in [0.1, 0.15) is 11.7 Å². The number of para-hydroxylation sites is 1. The van der Waals surface area contributed by atoms with Crippen LogP contribution in [-0.2, 0) is 4.79 Å². The molecule has 86 valence electrons. The van der Waals surface area contributed by atoms with Crippen molar-refractivity contribution in [3.05, 3.63) is 23.8 Å². The van der Waals surface area contributed by atoms with E-state index in [1.165, 1.54) is 25.1 Å². The van der Waals surface area contributed by atoms with E-state index in [-0.39, 0.29) is 17.0 Å². The number of hydrogen-bond acceptors (Lipinski definition) is 5. The summed E-state index contributed by atoms with van der Waals surface area (Å²) < 4.78 is 4.70. The summed E-state index contributed by atoms with van der Waals surface area (Å²) in [6, 6.07) is 4.08. The Balaban J connectivity index is 3.11. The Morgan fingerprint density at radius 2 is 2.06 bits per heavy atom. The van der Waals surface area contributed by atoms with Crippen LogP contribution in [0.5, 0.6) is 5.75 Å². The first-order chi connectivity index (χ1) is 7.43.